The fourth-order valence-electron chi connectivity index (χ4n) is 3.90. The first kappa shape index (κ1) is 33.2. The van der Waals surface area contributed by atoms with Crippen LogP contribution in [-0.2, 0) is 20.8 Å². The molecule has 44 heavy (non-hydrogen) atoms. The SMILES string of the molecule is CCOc1cc(C(Nc2ccc(C(=N)N)c(OC(=O)C(F)(F)F)c2)C(=O)NNC(=O)Cc2ccccc2)ccc1OC(C)C. The number of hydrazine groups is 1. The standard InChI is InChI=1S/C30H32F3N5O6/c1-4-42-24-15-19(10-13-22(24)43-17(2)3)26(28(40)38-37-25(39)14-18-8-6-5-7-9-18)36-20-11-12-21(27(34)35)23(16-20)44-29(41)30(31,32)33/h5-13,15-17,26,36H,4,14H2,1-3H3,(H3,34,35)(H,37,39)(H,38,40). The van der Waals surface area contributed by atoms with E-state index in [2.05, 4.69) is 20.9 Å². The van der Waals surface area contributed by atoms with Gasteiger partial charge in [-0.2, -0.15) is 13.2 Å². The van der Waals surface area contributed by atoms with Gasteiger partial charge < -0.3 is 25.3 Å². The first-order chi connectivity index (χ1) is 20.8. The van der Waals surface area contributed by atoms with Gasteiger partial charge in [0.25, 0.3) is 5.91 Å². The molecule has 234 valence electrons. The molecule has 3 aromatic carbocycles. The van der Waals surface area contributed by atoms with Gasteiger partial charge in [0.1, 0.15) is 17.6 Å². The number of hydrogen-bond acceptors (Lipinski definition) is 8. The molecule has 6 N–H and O–H groups in total. The summed E-state index contributed by atoms with van der Waals surface area (Å²) in [6.07, 6.45) is -5.52. The molecule has 11 nitrogen and oxygen atoms in total. The summed E-state index contributed by atoms with van der Waals surface area (Å²) in [5, 5.41) is 10.5. The van der Waals surface area contributed by atoms with E-state index in [4.69, 9.17) is 20.6 Å². The van der Waals surface area contributed by atoms with Crippen molar-refractivity contribution >= 4 is 29.3 Å². The van der Waals surface area contributed by atoms with Crippen LogP contribution in [0.5, 0.6) is 17.2 Å². The van der Waals surface area contributed by atoms with Gasteiger partial charge in [0.2, 0.25) is 5.91 Å². The zero-order valence-electron chi connectivity index (χ0n) is 24.1. The summed E-state index contributed by atoms with van der Waals surface area (Å²) in [6, 6.07) is 15.7. The third-order valence-electron chi connectivity index (χ3n) is 5.78. The number of nitrogens with one attached hydrogen (secondary N) is 4. The Morgan fingerprint density at radius 2 is 1.64 bits per heavy atom. The van der Waals surface area contributed by atoms with Crippen molar-refractivity contribution in [1.82, 2.24) is 10.9 Å². The number of hydrogen-bond donors (Lipinski definition) is 5. The number of benzene rings is 3. The largest absolute Gasteiger partial charge is 0.491 e. The number of carbonyl (C=O) groups excluding carboxylic acids is 3. The zero-order chi connectivity index (χ0) is 32.4. The summed E-state index contributed by atoms with van der Waals surface area (Å²) < 4.78 is 54.7. The van der Waals surface area contributed by atoms with Crippen LogP contribution in [0.1, 0.15) is 43.5 Å². The molecule has 0 saturated heterocycles. The van der Waals surface area contributed by atoms with Crippen LogP contribution in [0.4, 0.5) is 18.9 Å². The van der Waals surface area contributed by atoms with E-state index < -0.39 is 41.6 Å². The highest BCUT2D eigenvalue weighted by Gasteiger charge is 2.42. The van der Waals surface area contributed by atoms with Gasteiger partial charge in [-0.25, -0.2) is 4.79 Å². The second-order valence-electron chi connectivity index (χ2n) is 9.59. The number of halogens is 3. The highest BCUT2D eigenvalue weighted by atomic mass is 19.4. The van der Waals surface area contributed by atoms with E-state index in [1.807, 2.05) is 13.8 Å². The van der Waals surface area contributed by atoms with Crippen LogP contribution in [0.2, 0.25) is 0 Å². The number of carbonyl (C=O) groups is 3. The zero-order valence-corrected chi connectivity index (χ0v) is 24.1. The average Bonchev–Trinajstić information content (AvgIpc) is 2.95. The lowest BCUT2D eigenvalue weighted by molar-refractivity contribution is -0.189. The van der Waals surface area contributed by atoms with E-state index >= 15 is 0 Å². The van der Waals surface area contributed by atoms with Crippen LogP contribution in [0.25, 0.3) is 0 Å². The van der Waals surface area contributed by atoms with Crippen molar-refractivity contribution in [1.29, 1.82) is 5.41 Å². The number of amidine groups is 1. The Hall–Kier alpha value is -5.27. The summed E-state index contributed by atoms with van der Waals surface area (Å²) >= 11 is 0. The summed E-state index contributed by atoms with van der Waals surface area (Å²) in [7, 11) is 0. The van der Waals surface area contributed by atoms with Crippen LogP contribution in [0, 0.1) is 5.41 Å². The minimum atomic E-state index is -5.31. The van der Waals surface area contributed by atoms with Crippen LogP contribution in [-0.4, -0.2) is 42.5 Å². The molecule has 3 aromatic rings. The van der Waals surface area contributed by atoms with Gasteiger partial charge in [-0.3, -0.25) is 25.8 Å². The smallest absolute Gasteiger partial charge is 0.490 e. The van der Waals surface area contributed by atoms with Crippen molar-refractivity contribution in [2.24, 2.45) is 5.73 Å². The van der Waals surface area contributed by atoms with Crippen LogP contribution in [0.15, 0.2) is 66.7 Å². The van der Waals surface area contributed by atoms with E-state index in [-0.39, 0.29) is 30.4 Å². The molecule has 0 spiro atoms. The molecule has 0 fully saturated rings. The third-order valence-corrected chi connectivity index (χ3v) is 5.78. The lowest BCUT2D eigenvalue weighted by atomic mass is 10.0. The summed E-state index contributed by atoms with van der Waals surface area (Å²) in [5.41, 5.74) is 10.9. The molecule has 1 atom stereocenters. The van der Waals surface area contributed by atoms with Crippen molar-refractivity contribution in [3.05, 3.63) is 83.4 Å². The number of esters is 1. The average molecular weight is 616 g/mol. The Labute approximate surface area is 251 Å². The fraction of sp³-hybridized carbons (Fsp3) is 0.267. The fourth-order valence-corrected chi connectivity index (χ4v) is 3.90. The van der Waals surface area contributed by atoms with Gasteiger partial charge >= 0.3 is 12.1 Å². The molecule has 0 aliphatic carbocycles. The number of nitrogen functional groups attached to an aromatic ring is 1. The van der Waals surface area contributed by atoms with Crippen molar-refractivity contribution < 1.29 is 41.8 Å². The van der Waals surface area contributed by atoms with Crippen LogP contribution >= 0.6 is 0 Å². The molecule has 1 unspecified atom stereocenters. The Morgan fingerprint density at radius 1 is 0.932 bits per heavy atom. The number of rotatable bonds is 12. The number of amides is 2. The molecule has 0 aliphatic heterocycles. The van der Waals surface area contributed by atoms with E-state index in [0.29, 0.717) is 22.6 Å². The molecule has 0 radical (unpaired) electrons. The summed E-state index contributed by atoms with van der Waals surface area (Å²) in [4.78, 5) is 37.5. The number of nitrogens with two attached hydrogens (primary N) is 1. The molecule has 3 rings (SSSR count). The monoisotopic (exact) mass is 615 g/mol. The predicted octanol–water partition coefficient (Wildman–Crippen LogP) is 4.17. The lowest BCUT2D eigenvalue weighted by Gasteiger charge is -2.23. The second kappa shape index (κ2) is 14.8. The van der Waals surface area contributed by atoms with Crippen LogP contribution in [0.3, 0.4) is 0 Å². The minimum Gasteiger partial charge on any atom is -0.490 e. The minimum absolute atomic E-state index is 0.0185. The van der Waals surface area contributed by atoms with Gasteiger partial charge in [-0.15, -0.1) is 0 Å². The Morgan fingerprint density at radius 3 is 2.25 bits per heavy atom. The molecule has 14 heteroatoms. The highest BCUT2D eigenvalue weighted by Crippen LogP contribution is 2.34. The molecule has 0 heterocycles. The number of alkyl halides is 3. The third kappa shape index (κ3) is 9.37. The van der Waals surface area contributed by atoms with Gasteiger partial charge in [-0.05, 0) is 56.2 Å². The van der Waals surface area contributed by atoms with Gasteiger partial charge in [0.15, 0.2) is 11.5 Å². The molecule has 0 aliphatic rings. The summed E-state index contributed by atoms with van der Waals surface area (Å²) in [6.45, 7) is 5.69. The van der Waals surface area contributed by atoms with Crippen LogP contribution < -0.4 is 36.1 Å². The highest BCUT2D eigenvalue weighted by molar-refractivity contribution is 5.99. The van der Waals surface area contributed by atoms with Gasteiger partial charge in [-0.1, -0.05) is 36.4 Å². The maximum atomic E-state index is 13.5. The molecule has 0 aromatic heterocycles. The van der Waals surface area contributed by atoms with Crippen molar-refractivity contribution in [2.75, 3.05) is 11.9 Å². The Bertz CT molecular complexity index is 1500. The predicted molar refractivity (Wildman–Crippen MR) is 155 cm³/mol. The van der Waals surface area contributed by atoms with E-state index in [1.165, 1.54) is 6.07 Å². The van der Waals surface area contributed by atoms with Crippen molar-refractivity contribution in [3.8, 4) is 17.2 Å². The lowest BCUT2D eigenvalue weighted by Crippen LogP contribution is -2.46. The summed E-state index contributed by atoms with van der Waals surface area (Å²) in [5.74, 6) is -4.36. The Balaban J connectivity index is 1.96. The van der Waals surface area contributed by atoms with E-state index in [0.717, 1.165) is 12.1 Å². The van der Waals surface area contributed by atoms with Gasteiger partial charge in [0.05, 0.1) is 24.7 Å². The normalized spacial score (nSPS) is 11.7. The Kier molecular flexibility index (Phi) is 11.1. The maximum absolute atomic E-state index is 13.5. The molecule has 0 bridgehead atoms. The van der Waals surface area contributed by atoms with Crippen molar-refractivity contribution in [3.63, 3.8) is 0 Å². The number of anilines is 1. The van der Waals surface area contributed by atoms with E-state index in [9.17, 15) is 27.6 Å². The number of ether oxygens (including phenoxy) is 3. The van der Waals surface area contributed by atoms with E-state index in [1.54, 1.807) is 55.5 Å². The van der Waals surface area contributed by atoms with Gasteiger partial charge in [0, 0.05) is 11.8 Å². The quantitative estimate of drug-likeness (QED) is 0.0666. The maximum Gasteiger partial charge on any atom is 0.491 e. The molecule has 2 amide bonds. The molecular formula is C30H32F3N5O6. The second-order valence-corrected chi connectivity index (χ2v) is 9.59. The first-order valence-electron chi connectivity index (χ1n) is 13.4. The first-order valence-corrected chi connectivity index (χ1v) is 13.4. The topological polar surface area (TPSA) is 165 Å². The molecule has 0 saturated carbocycles. The van der Waals surface area contributed by atoms with Crippen molar-refractivity contribution in [2.45, 2.75) is 45.5 Å². The molecular weight excluding hydrogens is 583 g/mol.